The van der Waals surface area contributed by atoms with Crippen LogP contribution in [-0.4, -0.2) is 22.4 Å². The smallest absolute Gasteiger partial charge is 0.0724 e. The van der Waals surface area contributed by atoms with Gasteiger partial charge in [-0.2, -0.15) is 0 Å². The zero-order valence-electron chi connectivity index (χ0n) is 13.5. The van der Waals surface area contributed by atoms with Gasteiger partial charge < -0.3 is 10.2 Å². The van der Waals surface area contributed by atoms with Gasteiger partial charge in [0.15, 0.2) is 0 Å². The molecule has 5 unspecified atom stereocenters. The molecule has 0 saturated heterocycles. The molecule has 0 spiro atoms. The molecule has 2 N–H and O–H groups in total. The predicted molar refractivity (Wildman–Crippen MR) is 83.6 cm³/mol. The van der Waals surface area contributed by atoms with Crippen molar-refractivity contribution in [2.75, 3.05) is 0 Å². The maximum atomic E-state index is 10.5. The van der Waals surface area contributed by atoms with Crippen molar-refractivity contribution < 1.29 is 10.2 Å². The summed E-state index contributed by atoms with van der Waals surface area (Å²) >= 11 is 0. The fourth-order valence-electron chi connectivity index (χ4n) is 6.76. The third-order valence-corrected chi connectivity index (χ3v) is 8.12. The summed E-state index contributed by atoms with van der Waals surface area (Å²) in [5.74, 6) is 2.95. The summed E-state index contributed by atoms with van der Waals surface area (Å²) in [7, 11) is 0. The molecule has 4 aliphatic rings. The average molecular weight is 290 g/mol. The van der Waals surface area contributed by atoms with Crippen LogP contribution in [0.5, 0.6) is 0 Å². The van der Waals surface area contributed by atoms with Gasteiger partial charge in [0.2, 0.25) is 0 Å². The Hall–Kier alpha value is -0.340. The molecule has 3 saturated carbocycles. The molecule has 118 valence electrons. The van der Waals surface area contributed by atoms with E-state index in [2.05, 4.69) is 26.0 Å². The summed E-state index contributed by atoms with van der Waals surface area (Å²) in [6, 6.07) is 0. The zero-order valence-corrected chi connectivity index (χ0v) is 13.5. The Morgan fingerprint density at radius 1 is 0.952 bits per heavy atom. The molecule has 0 bridgehead atoms. The molecule has 8 atom stereocenters. The fraction of sp³-hybridized carbons (Fsp3) is 0.895. The highest BCUT2D eigenvalue weighted by atomic mass is 16.3. The van der Waals surface area contributed by atoms with Gasteiger partial charge in [0.05, 0.1) is 12.2 Å². The van der Waals surface area contributed by atoms with Crippen molar-refractivity contribution in [3.8, 4) is 0 Å². The molecule has 3 fully saturated rings. The Morgan fingerprint density at radius 3 is 2.57 bits per heavy atom. The third-order valence-electron chi connectivity index (χ3n) is 8.12. The second-order valence-electron chi connectivity index (χ2n) is 8.82. The van der Waals surface area contributed by atoms with Crippen LogP contribution in [0.25, 0.3) is 0 Å². The quantitative estimate of drug-likeness (QED) is 0.670. The highest BCUT2D eigenvalue weighted by Gasteiger charge is 2.59. The molecule has 0 radical (unpaired) electrons. The van der Waals surface area contributed by atoms with E-state index in [0.717, 1.165) is 30.6 Å². The SMILES string of the molecule is C[C@]12C=C[C@H](O)CC1CCC1C2CC[C@]2(C)C(O)CCC12. The largest absolute Gasteiger partial charge is 0.393 e. The monoisotopic (exact) mass is 290 g/mol. The van der Waals surface area contributed by atoms with E-state index in [1.54, 1.807) is 0 Å². The van der Waals surface area contributed by atoms with Crippen molar-refractivity contribution in [2.24, 2.45) is 34.5 Å². The van der Waals surface area contributed by atoms with Gasteiger partial charge in [-0.1, -0.05) is 26.0 Å². The average Bonchev–Trinajstić information content (AvgIpc) is 2.76. The Morgan fingerprint density at radius 2 is 1.76 bits per heavy atom. The van der Waals surface area contributed by atoms with E-state index < -0.39 is 0 Å². The van der Waals surface area contributed by atoms with Crippen molar-refractivity contribution in [3.63, 3.8) is 0 Å². The standard InChI is InChI=1S/C19H30O2/c1-18-9-7-13(20)11-12(18)3-4-14-15-5-6-17(21)19(15,2)10-8-16(14)18/h7,9,12-17,20-21H,3-6,8,10-11H2,1-2H3/t12?,13-,14?,15?,16?,17?,18-,19-/m0/s1. The van der Waals surface area contributed by atoms with Crippen molar-refractivity contribution in [1.82, 2.24) is 0 Å². The lowest BCUT2D eigenvalue weighted by atomic mass is 9.46. The van der Waals surface area contributed by atoms with Crippen molar-refractivity contribution in [1.29, 1.82) is 0 Å². The topological polar surface area (TPSA) is 40.5 Å². The molecule has 0 aromatic rings. The minimum Gasteiger partial charge on any atom is -0.393 e. The van der Waals surface area contributed by atoms with E-state index in [1.807, 2.05) is 0 Å². The number of aliphatic hydroxyl groups excluding tert-OH is 2. The molecule has 2 nitrogen and oxygen atoms in total. The van der Waals surface area contributed by atoms with Crippen LogP contribution < -0.4 is 0 Å². The van der Waals surface area contributed by atoms with Crippen LogP contribution in [0.3, 0.4) is 0 Å². The third kappa shape index (κ3) is 1.84. The van der Waals surface area contributed by atoms with E-state index >= 15 is 0 Å². The van der Waals surface area contributed by atoms with Crippen molar-refractivity contribution in [3.05, 3.63) is 12.2 Å². The number of hydrogen-bond acceptors (Lipinski definition) is 2. The number of allylic oxidation sites excluding steroid dienone is 1. The molecule has 4 aliphatic carbocycles. The van der Waals surface area contributed by atoms with Crippen molar-refractivity contribution >= 4 is 0 Å². The highest BCUT2D eigenvalue weighted by molar-refractivity contribution is 5.17. The van der Waals surface area contributed by atoms with Crippen molar-refractivity contribution in [2.45, 2.75) is 71.0 Å². The van der Waals surface area contributed by atoms with Gasteiger partial charge >= 0.3 is 0 Å². The van der Waals surface area contributed by atoms with Crippen LogP contribution in [0.2, 0.25) is 0 Å². The van der Waals surface area contributed by atoms with E-state index in [-0.39, 0.29) is 23.0 Å². The van der Waals surface area contributed by atoms with Gasteiger partial charge in [-0.05, 0) is 79.4 Å². The molecule has 0 aliphatic heterocycles. The summed E-state index contributed by atoms with van der Waals surface area (Å²) < 4.78 is 0. The Labute approximate surface area is 128 Å². The second kappa shape index (κ2) is 4.58. The first kappa shape index (κ1) is 14.3. The lowest BCUT2D eigenvalue weighted by molar-refractivity contribution is -0.0994. The summed E-state index contributed by atoms with van der Waals surface area (Å²) in [6.45, 7) is 4.80. The van der Waals surface area contributed by atoms with Gasteiger partial charge in [0.1, 0.15) is 0 Å². The van der Waals surface area contributed by atoms with Gasteiger partial charge in [0, 0.05) is 0 Å². The maximum Gasteiger partial charge on any atom is 0.0724 e. The maximum absolute atomic E-state index is 10.5. The fourth-order valence-corrected chi connectivity index (χ4v) is 6.76. The minimum atomic E-state index is -0.221. The number of hydrogen-bond donors (Lipinski definition) is 2. The molecule has 0 aromatic carbocycles. The van der Waals surface area contributed by atoms with Crippen LogP contribution in [-0.2, 0) is 0 Å². The molecule has 2 heteroatoms. The summed E-state index contributed by atoms with van der Waals surface area (Å²) in [5.41, 5.74) is 0.472. The number of rotatable bonds is 0. The zero-order chi connectivity index (χ0) is 14.8. The first-order chi connectivity index (χ1) is 9.95. The van der Waals surface area contributed by atoms with Crippen LogP contribution in [0.4, 0.5) is 0 Å². The number of fused-ring (bicyclic) bond motifs is 5. The molecular weight excluding hydrogens is 260 g/mol. The van der Waals surface area contributed by atoms with Crippen LogP contribution in [0.15, 0.2) is 12.2 Å². The molecule has 0 aromatic heterocycles. The number of aliphatic hydroxyl groups is 2. The molecule has 0 amide bonds. The lowest BCUT2D eigenvalue weighted by Crippen LogP contribution is -2.53. The Kier molecular flexibility index (Phi) is 3.11. The summed E-state index contributed by atoms with van der Waals surface area (Å²) in [6.07, 6.45) is 12.4. The van der Waals surface area contributed by atoms with E-state index in [4.69, 9.17) is 0 Å². The Bertz CT molecular complexity index is 458. The van der Waals surface area contributed by atoms with E-state index in [1.165, 1.54) is 32.1 Å². The molecule has 4 rings (SSSR count). The van der Waals surface area contributed by atoms with Gasteiger partial charge in [-0.15, -0.1) is 0 Å². The summed E-state index contributed by atoms with van der Waals surface area (Å²) in [4.78, 5) is 0. The Balaban J connectivity index is 1.67. The van der Waals surface area contributed by atoms with E-state index in [0.29, 0.717) is 5.92 Å². The van der Waals surface area contributed by atoms with Crippen LogP contribution in [0.1, 0.15) is 58.8 Å². The molecular formula is C19H30O2. The van der Waals surface area contributed by atoms with Gasteiger partial charge in [-0.3, -0.25) is 0 Å². The van der Waals surface area contributed by atoms with Gasteiger partial charge in [0.25, 0.3) is 0 Å². The van der Waals surface area contributed by atoms with E-state index in [9.17, 15) is 10.2 Å². The predicted octanol–water partition coefficient (Wildman–Crippen LogP) is 3.53. The minimum absolute atomic E-state index is 0.0716. The van der Waals surface area contributed by atoms with Crippen LogP contribution >= 0.6 is 0 Å². The van der Waals surface area contributed by atoms with Crippen LogP contribution in [0, 0.1) is 34.5 Å². The molecule has 0 heterocycles. The normalized spacial score (nSPS) is 59.2. The lowest BCUT2D eigenvalue weighted by Gasteiger charge is -2.59. The molecule has 21 heavy (non-hydrogen) atoms. The second-order valence-corrected chi connectivity index (χ2v) is 8.82. The summed E-state index contributed by atoms with van der Waals surface area (Å²) in [5, 5.41) is 20.4. The first-order valence-electron chi connectivity index (χ1n) is 9.00. The first-order valence-corrected chi connectivity index (χ1v) is 9.00. The van der Waals surface area contributed by atoms with Gasteiger partial charge in [-0.25, -0.2) is 0 Å². The highest BCUT2D eigenvalue weighted by Crippen LogP contribution is 2.65.